The highest BCUT2D eigenvalue weighted by atomic mass is 16.5. The van der Waals surface area contributed by atoms with Crippen molar-refractivity contribution in [2.24, 2.45) is 11.8 Å². The van der Waals surface area contributed by atoms with Crippen molar-refractivity contribution >= 4 is 0 Å². The minimum absolute atomic E-state index is 0.285. The van der Waals surface area contributed by atoms with Gasteiger partial charge in [-0.15, -0.1) is 0 Å². The summed E-state index contributed by atoms with van der Waals surface area (Å²) in [7, 11) is 0. The van der Waals surface area contributed by atoms with Crippen molar-refractivity contribution in [3.63, 3.8) is 0 Å². The van der Waals surface area contributed by atoms with Crippen molar-refractivity contribution in [3.8, 4) is 0 Å². The van der Waals surface area contributed by atoms with Crippen LogP contribution in [0, 0.1) is 11.8 Å². The Kier molecular flexibility index (Phi) is 7.29. The number of hydrogen-bond donors (Lipinski definition) is 1. The van der Waals surface area contributed by atoms with Crippen LogP contribution in [0.5, 0.6) is 0 Å². The third kappa shape index (κ3) is 9.84. The molecule has 0 radical (unpaired) electrons. The molecule has 0 aromatic rings. The Labute approximate surface area is 82.3 Å². The monoisotopic (exact) mass is 188 g/mol. The second-order valence-corrected chi connectivity index (χ2v) is 4.54. The van der Waals surface area contributed by atoms with Crippen LogP contribution in [0.1, 0.15) is 40.5 Å². The van der Waals surface area contributed by atoms with Gasteiger partial charge in [0.05, 0.1) is 12.7 Å². The summed E-state index contributed by atoms with van der Waals surface area (Å²) in [4.78, 5) is 0. The lowest BCUT2D eigenvalue weighted by Crippen LogP contribution is -2.18. The molecule has 2 heteroatoms. The molecule has 1 N–H and O–H groups in total. The summed E-state index contributed by atoms with van der Waals surface area (Å²) in [6.45, 7) is 9.83. The first kappa shape index (κ1) is 12.9. The third-order valence-electron chi connectivity index (χ3n) is 1.89. The number of aliphatic hydroxyl groups excluding tert-OH is 1. The van der Waals surface area contributed by atoms with Crippen LogP contribution < -0.4 is 0 Å². The molecule has 0 aliphatic carbocycles. The fourth-order valence-corrected chi connectivity index (χ4v) is 1.15. The van der Waals surface area contributed by atoms with E-state index >= 15 is 0 Å². The quantitative estimate of drug-likeness (QED) is 0.622. The normalized spacial score (nSPS) is 14.1. The Morgan fingerprint density at radius 3 is 2.15 bits per heavy atom. The molecule has 0 bridgehead atoms. The van der Waals surface area contributed by atoms with E-state index in [1.54, 1.807) is 0 Å². The van der Waals surface area contributed by atoms with Crippen molar-refractivity contribution in [3.05, 3.63) is 0 Å². The summed E-state index contributed by atoms with van der Waals surface area (Å²) < 4.78 is 5.36. The molecule has 0 saturated carbocycles. The van der Waals surface area contributed by atoms with Gasteiger partial charge in [0.2, 0.25) is 0 Å². The van der Waals surface area contributed by atoms with E-state index in [4.69, 9.17) is 4.74 Å². The maximum Gasteiger partial charge on any atom is 0.0776 e. The number of ether oxygens (including phenoxy) is 1. The second kappa shape index (κ2) is 7.34. The summed E-state index contributed by atoms with van der Waals surface area (Å²) in [6.07, 6.45) is 1.63. The zero-order valence-electron chi connectivity index (χ0n) is 9.42. The Morgan fingerprint density at radius 2 is 1.69 bits per heavy atom. The van der Waals surface area contributed by atoms with Gasteiger partial charge in [0.15, 0.2) is 0 Å². The molecule has 0 heterocycles. The van der Waals surface area contributed by atoms with Crippen molar-refractivity contribution in [2.75, 3.05) is 13.2 Å². The van der Waals surface area contributed by atoms with Crippen molar-refractivity contribution in [1.82, 2.24) is 0 Å². The lowest BCUT2D eigenvalue weighted by Gasteiger charge is -2.13. The van der Waals surface area contributed by atoms with E-state index in [-0.39, 0.29) is 6.10 Å². The summed E-state index contributed by atoms with van der Waals surface area (Å²) in [6, 6.07) is 0. The molecule has 2 nitrogen and oxygen atoms in total. The van der Waals surface area contributed by atoms with E-state index in [1.807, 2.05) is 0 Å². The molecule has 0 fully saturated rings. The summed E-state index contributed by atoms with van der Waals surface area (Å²) in [5.41, 5.74) is 0. The standard InChI is InChI=1S/C11H24O2/c1-9(2)5-6-13-8-11(12)7-10(3)4/h9-12H,5-8H2,1-4H3. The van der Waals surface area contributed by atoms with Gasteiger partial charge in [-0.05, 0) is 24.7 Å². The molecular weight excluding hydrogens is 164 g/mol. The molecule has 1 unspecified atom stereocenters. The molecule has 13 heavy (non-hydrogen) atoms. The van der Waals surface area contributed by atoms with Crippen molar-refractivity contribution in [2.45, 2.75) is 46.6 Å². The third-order valence-corrected chi connectivity index (χ3v) is 1.89. The van der Waals surface area contributed by atoms with Crippen LogP contribution in [0.25, 0.3) is 0 Å². The minimum atomic E-state index is -0.285. The van der Waals surface area contributed by atoms with Crippen LogP contribution in [-0.4, -0.2) is 24.4 Å². The number of hydrogen-bond acceptors (Lipinski definition) is 2. The van der Waals surface area contributed by atoms with Gasteiger partial charge in [0.25, 0.3) is 0 Å². The molecule has 0 spiro atoms. The predicted molar refractivity (Wildman–Crippen MR) is 55.7 cm³/mol. The Morgan fingerprint density at radius 1 is 1.08 bits per heavy atom. The highest BCUT2D eigenvalue weighted by Crippen LogP contribution is 2.05. The molecule has 0 aromatic carbocycles. The Balaban J connectivity index is 3.22. The number of rotatable bonds is 7. The minimum Gasteiger partial charge on any atom is -0.391 e. The van der Waals surface area contributed by atoms with E-state index in [2.05, 4.69) is 27.7 Å². The van der Waals surface area contributed by atoms with E-state index in [0.717, 1.165) is 19.4 Å². The Bertz CT molecular complexity index is 111. The molecule has 0 aliphatic rings. The smallest absolute Gasteiger partial charge is 0.0776 e. The van der Waals surface area contributed by atoms with Crippen LogP contribution in [0.15, 0.2) is 0 Å². The molecule has 0 amide bonds. The van der Waals surface area contributed by atoms with E-state index < -0.39 is 0 Å². The average molecular weight is 188 g/mol. The number of aliphatic hydroxyl groups is 1. The summed E-state index contributed by atoms with van der Waals surface area (Å²) >= 11 is 0. The van der Waals surface area contributed by atoms with Crippen molar-refractivity contribution < 1.29 is 9.84 Å². The first-order valence-electron chi connectivity index (χ1n) is 5.28. The molecule has 0 saturated heterocycles. The molecule has 1 atom stereocenters. The predicted octanol–water partition coefficient (Wildman–Crippen LogP) is 2.46. The molecule has 0 aliphatic heterocycles. The van der Waals surface area contributed by atoms with Crippen LogP contribution in [-0.2, 0) is 4.74 Å². The summed E-state index contributed by atoms with van der Waals surface area (Å²) in [5.74, 6) is 1.23. The maximum absolute atomic E-state index is 9.46. The van der Waals surface area contributed by atoms with Gasteiger partial charge < -0.3 is 9.84 Å². The second-order valence-electron chi connectivity index (χ2n) is 4.54. The SMILES string of the molecule is CC(C)CCOCC(O)CC(C)C. The first-order valence-corrected chi connectivity index (χ1v) is 5.28. The van der Waals surface area contributed by atoms with Crippen LogP contribution >= 0.6 is 0 Å². The summed E-state index contributed by atoms with van der Waals surface area (Å²) in [5, 5.41) is 9.46. The van der Waals surface area contributed by atoms with Crippen LogP contribution in [0.4, 0.5) is 0 Å². The molecular formula is C11H24O2. The largest absolute Gasteiger partial charge is 0.391 e. The van der Waals surface area contributed by atoms with Gasteiger partial charge in [-0.25, -0.2) is 0 Å². The van der Waals surface area contributed by atoms with E-state index in [0.29, 0.717) is 18.4 Å². The maximum atomic E-state index is 9.46. The van der Waals surface area contributed by atoms with Gasteiger partial charge in [0, 0.05) is 6.61 Å². The topological polar surface area (TPSA) is 29.5 Å². The highest BCUT2D eigenvalue weighted by molar-refractivity contribution is 4.56. The molecule has 0 aromatic heterocycles. The fraction of sp³-hybridized carbons (Fsp3) is 1.00. The average Bonchev–Trinajstić information content (AvgIpc) is 1.96. The molecule has 0 rings (SSSR count). The lowest BCUT2D eigenvalue weighted by molar-refractivity contribution is 0.0228. The first-order chi connectivity index (χ1) is 6.02. The van der Waals surface area contributed by atoms with Crippen LogP contribution in [0.2, 0.25) is 0 Å². The van der Waals surface area contributed by atoms with Gasteiger partial charge in [-0.2, -0.15) is 0 Å². The van der Waals surface area contributed by atoms with Crippen LogP contribution in [0.3, 0.4) is 0 Å². The highest BCUT2D eigenvalue weighted by Gasteiger charge is 2.06. The van der Waals surface area contributed by atoms with E-state index in [1.165, 1.54) is 0 Å². The van der Waals surface area contributed by atoms with Gasteiger partial charge in [-0.3, -0.25) is 0 Å². The fourth-order valence-electron chi connectivity index (χ4n) is 1.15. The van der Waals surface area contributed by atoms with Crippen molar-refractivity contribution in [1.29, 1.82) is 0 Å². The zero-order chi connectivity index (χ0) is 10.3. The lowest BCUT2D eigenvalue weighted by atomic mass is 10.1. The Hall–Kier alpha value is -0.0800. The van der Waals surface area contributed by atoms with Gasteiger partial charge >= 0.3 is 0 Å². The zero-order valence-corrected chi connectivity index (χ0v) is 9.42. The van der Waals surface area contributed by atoms with E-state index in [9.17, 15) is 5.11 Å². The molecule has 80 valence electrons. The van der Waals surface area contributed by atoms with Gasteiger partial charge in [0.1, 0.15) is 0 Å². The van der Waals surface area contributed by atoms with Gasteiger partial charge in [-0.1, -0.05) is 27.7 Å².